The quantitative estimate of drug-likeness (QED) is 0.785. The highest BCUT2D eigenvalue weighted by Gasteiger charge is 2.29. The second-order valence-corrected chi connectivity index (χ2v) is 6.27. The fraction of sp³-hybridized carbons (Fsp3) is 0.765. The Morgan fingerprint density at radius 1 is 1.43 bits per heavy atom. The summed E-state index contributed by atoms with van der Waals surface area (Å²) in [6.45, 7) is 8.61. The van der Waals surface area contributed by atoms with E-state index in [1.807, 2.05) is 6.20 Å². The van der Waals surface area contributed by atoms with Gasteiger partial charge in [-0.25, -0.2) is 9.97 Å². The zero-order valence-electron chi connectivity index (χ0n) is 13.9. The summed E-state index contributed by atoms with van der Waals surface area (Å²) in [6.07, 6.45) is 7.48. The number of aryl methyl sites for hydroxylation is 1. The smallest absolute Gasteiger partial charge is 0.160 e. The van der Waals surface area contributed by atoms with Gasteiger partial charge in [-0.05, 0) is 63.6 Å². The summed E-state index contributed by atoms with van der Waals surface area (Å²) < 4.78 is 5.62. The van der Waals surface area contributed by atoms with Gasteiger partial charge in [0.05, 0.1) is 0 Å². The largest absolute Gasteiger partial charge is 0.371 e. The van der Waals surface area contributed by atoms with E-state index < -0.39 is 0 Å². The summed E-state index contributed by atoms with van der Waals surface area (Å²) in [4.78, 5) is 9.38. The van der Waals surface area contributed by atoms with Gasteiger partial charge in [-0.3, -0.25) is 0 Å². The number of methoxy groups -OCH3 is 1. The molecule has 118 valence electrons. The van der Waals surface area contributed by atoms with E-state index in [2.05, 4.69) is 31.1 Å². The van der Waals surface area contributed by atoms with Crippen LogP contribution in [0.15, 0.2) is 6.20 Å². The lowest BCUT2D eigenvalue weighted by Gasteiger charge is -2.28. The molecule has 0 amide bonds. The van der Waals surface area contributed by atoms with Crippen molar-refractivity contribution in [3.8, 4) is 0 Å². The van der Waals surface area contributed by atoms with E-state index in [-0.39, 0.29) is 5.60 Å². The number of nitrogens with zero attached hydrogens (tertiary/aromatic N) is 2. The molecule has 0 aliphatic heterocycles. The minimum Gasteiger partial charge on any atom is -0.371 e. The fourth-order valence-corrected chi connectivity index (χ4v) is 2.89. The van der Waals surface area contributed by atoms with Crippen molar-refractivity contribution in [3.63, 3.8) is 0 Å². The van der Waals surface area contributed by atoms with E-state index in [0.717, 1.165) is 44.1 Å². The summed E-state index contributed by atoms with van der Waals surface area (Å²) in [5.41, 5.74) is 2.18. The Hall–Kier alpha value is -1.00. The molecule has 0 bridgehead atoms. The highest BCUT2D eigenvalue weighted by atomic mass is 16.5. The second-order valence-electron chi connectivity index (χ2n) is 6.27. The van der Waals surface area contributed by atoms with Gasteiger partial charge in [0.15, 0.2) is 5.82 Å². The van der Waals surface area contributed by atoms with Crippen molar-refractivity contribution >= 4 is 0 Å². The maximum Gasteiger partial charge on any atom is 0.160 e. The Balaban J connectivity index is 2.07. The molecular weight excluding hydrogens is 262 g/mol. The highest BCUT2D eigenvalue weighted by molar-refractivity contribution is 5.23. The van der Waals surface area contributed by atoms with Crippen LogP contribution in [0, 0.1) is 5.92 Å². The Bertz CT molecular complexity index is 457. The minimum atomic E-state index is -0.367. The van der Waals surface area contributed by atoms with Crippen molar-refractivity contribution in [2.45, 2.75) is 58.5 Å². The first-order valence-corrected chi connectivity index (χ1v) is 8.24. The van der Waals surface area contributed by atoms with Crippen molar-refractivity contribution in [2.24, 2.45) is 5.92 Å². The van der Waals surface area contributed by atoms with Crippen LogP contribution in [0.5, 0.6) is 0 Å². The number of aromatic nitrogens is 2. The van der Waals surface area contributed by atoms with E-state index in [0.29, 0.717) is 0 Å². The van der Waals surface area contributed by atoms with Crippen LogP contribution in [0.3, 0.4) is 0 Å². The van der Waals surface area contributed by atoms with Crippen LogP contribution >= 0.6 is 0 Å². The average molecular weight is 291 g/mol. The predicted octanol–water partition coefficient (Wildman–Crippen LogP) is 2.85. The molecule has 1 aromatic rings. The van der Waals surface area contributed by atoms with Gasteiger partial charge < -0.3 is 10.1 Å². The molecule has 0 spiro atoms. The van der Waals surface area contributed by atoms with Gasteiger partial charge >= 0.3 is 0 Å². The molecule has 2 rings (SSSR count). The van der Waals surface area contributed by atoms with E-state index in [1.54, 1.807) is 7.11 Å². The Labute approximate surface area is 128 Å². The van der Waals surface area contributed by atoms with Crippen LogP contribution in [-0.2, 0) is 23.2 Å². The van der Waals surface area contributed by atoms with Crippen LogP contribution in [0.25, 0.3) is 0 Å². The zero-order valence-corrected chi connectivity index (χ0v) is 13.9. The minimum absolute atomic E-state index is 0.367. The van der Waals surface area contributed by atoms with Gasteiger partial charge in [0.1, 0.15) is 5.60 Å². The van der Waals surface area contributed by atoms with Crippen LogP contribution in [0.1, 0.15) is 57.1 Å². The molecule has 0 saturated carbocycles. The van der Waals surface area contributed by atoms with Crippen molar-refractivity contribution in [3.05, 3.63) is 23.3 Å². The van der Waals surface area contributed by atoms with Crippen LogP contribution in [0.4, 0.5) is 0 Å². The standard InChI is InChI=1S/C17H29N3O/c1-5-9-18-11-13-7-8-15-14(10-13)12-19-16(20-15)17(3,6-2)21-4/h12-13,18H,5-11H2,1-4H3. The molecule has 1 aromatic heterocycles. The van der Waals surface area contributed by atoms with Gasteiger partial charge in [-0.1, -0.05) is 13.8 Å². The fourth-order valence-electron chi connectivity index (χ4n) is 2.89. The maximum absolute atomic E-state index is 5.62. The summed E-state index contributed by atoms with van der Waals surface area (Å²) in [7, 11) is 1.74. The molecule has 2 atom stereocenters. The Morgan fingerprint density at radius 2 is 2.24 bits per heavy atom. The Kier molecular flexibility index (Phi) is 5.71. The van der Waals surface area contributed by atoms with E-state index in [4.69, 9.17) is 9.72 Å². The van der Waals surface area contributed by atoms with E-state index in [1.165, 1.54) is 24.1 Å². The van der Waals surface area contributed by atoms with Crippen LogP contribution in [-0.4, -0.2) is 30.2 Å². The molecule has 1 heterocycles. The number of hydrogen-bond donors (Lipinski definition) is 1. The molecular formula is C17H29N3O. The third-order valence-electron chi connectivity index (χ3n) is 4.71. The normalized spacial score (nSPS) is 20.9. The molecule has 2 unspecified atom stereocenters. The van der Waals surface area contributed by atoms with Crippen molar-refractivity contribution in [1.29, 1.82) is 0 Å². The van der Waals surface area contributed by atoms with E-state index in [9.17, 15) is 0 Å². The van der Waals surface area contributed by atoms with Gasteiger partial charge in [0, 0.05) is 19.0 Å². The summed E-state index contributed by atoms with van der Waals surface area (Å²) in [5.74, 6) is 1.55. The van der Waals surface area contributed by atoms with Gasteiger partial charge in [0.25, 0.3) is 0 Å². The molecule has 1 aliphatic rings. The van der Waals surface area contributed by atoms with Crippen molar-refractivity contribution in [1.82, 2.24) is 15.3 Å². The van der Waals surface area contributed by atoms with E-state index >= 15 is 0 Å². The number of hydrogen-bond acceptors (Lipinski definition) is 4. The number of rotatable bonds is 7. The highest BCUT2D eigenvalue weighted by Crippen LogP contribution is 2.28. The lowest BCUT2D eigenvalue weighted by atomic mass is 9.87. The maximum atomic E-state index is 5.62. The summed E-state index contributed by atoms with van der Waals surface area (Å²) in [6, 6.07) is 0. The lowest BCUT2D eigenvalue weighted by Crippen LogP contribution is -2.30. The molecule has 4 heteroatoms. The van der Waals surface area contributed by atoms with Gasteiger partial charge in [-0.15, -0.1) is 0 Å². The molecule has 1 aliphatic carbocycles. The molecule has 0 saturated heterocycles. The first kappa shape index (κ1) is 16.4. The Morgan fingerprint density at radius 3 is 2.90 bits per heavy atom. The SMILES string of the molecule is CCCNCC1CCc2nc(C(C)(CC)OC)ncc2C1. The van der Waals surface area contributed by atoms with Gasteiger partial charge in [0.2, 0.25) is 0 Å². The molecule has 4 nitrogen and oxygen atoms in total. The average Bonchev–Trinajstić information content (AvgIpc) is 2.53. The van der Waals surface area contributed by atoms with Crippen LogP contribution in [0.2, 0.25) is 0 Å². The molecule has 0 fully saturated rings. The molecule has 21 heavy (non-hydrogen) atoms. The van der Waals surface area contributed by atoms with Crippen LogP contribution < -0.4 is 5.32 Å². The topological polar surface area (TPSA) is 47.0 Å². The molecule has 1 N–H and O–H groups in total. The summed E-state index contributed by atoms with van der Waals surface area (Å²) in [5, 5.41) is 3.53. The third-order valence-corrected chi connectivity index (χ3v) is 4.71. The first-order valence-electron chi connectivity index (χ1n) is 8.24. The molecule has 0 aromatic carbocycles. The summed E-state index contributed by atoms with van der Waals surface area (Å²) >= 11 is 0. The first-order chi connectivity index (χ1) is 10.1. The molecule has 0 radical (unpaired) electrons. The third kappa shape index (κ3) is 3.80. The van der Waals surface area contributed by atoms with Gasteiger partial charge in [-0.2, -0.15) is 0 Å². The number of ether oxygens (including phenoxy) is 1. The number of nitrogens with one attached hydrogen (secondary N) is 1. The van der Waals surface area contributed by atoms with Crippen molar-refractivity contribution in [2.75, 3.05) is 20.2 Å². The lowest BCUT2D eigenvalue weighted by molar-refractivity contribution is -0.00926. The second kappa shape index (κ2) is 7.32. The van der Waals surface area contributed by atoms with Crippen molar-refractivity contribution < 1.29 is 4.74 Å². The zero-order chi connectivity index (χ0) is 15.3. The number of fused-ring (bicyclic) bond motifs is 1. The predicted molar refractivity (Wildman–Crippen MR) is 85.4 cm³/mol. The monoisotopic (exact) mass is 291 g/mol.